The standard InChI is InChI=1S/C15H23N3O/c1-12(15(19)18-14-7-2-3-8-14)16-11-9-13-6-4-5-10-17-13/h4-6,10,12,14,16H,2-3,7-9,11H2,1H3,(H,18,19). The van der Waals surface area contributed by atoms with Gasteiger partial charge in [0.05, 0.1) is 6.04 Å². The van der Waals surface area contributed by atoms with Crippen molar-refractivity contribution in [3.8, 4) is 0 Å². The molecular weight excluding hydrogens is 238 g/mol. The highest BCUT2D eigenvalue weighted by Gasteiger charge is 2.19. The van der Waals surface area contributed by atoms with Crippen LogP contribution in [-0.2, 0) is 11.2 Å². The molecule has 1 aliphatic rings. The van der Waals surface area contributed by atoms with E-state index in [1.165, 1.54) is 12.8 Å². The zero-order chi connectivity index (χ0) is 13.5. The fraction of sp³-hybridized carbons (Fsp3) is 0.600. The molecule has 19 heavy (non-hydrogen) atoms. The smallest absolute Gasteiger partial charge is 0.237 e. The van der Waals surface area contributed by atoms with Gasteiger partial charge in [-0.05, 0) is 31.9 Å². The van der Waals surface area contributed by atoms with Crippen LogP contribution in [0.15, 0.2) is 24.4 Å². The molecule has 104 valence electrons. The SMILES string of the molecule is CC(NCCc1ccccn1)C(=O)NC1CCCC1. The van der Waals surface area contributed by atoms with E-state index in [0.29, 0.717) is 6.04 Å². The molecule has 0 aliphatic heterocycles. The van der Waals surface area contributed by atoms with Gasteiger partial charge in [-0.15, -0.1) is 0 Å². The summed E-state index contributed by atoms with van der Waals surface area (Å²) in [4.78, 5) is 16.2. The lowest BCUT2D eigenvalue weighted by Crippen LogP contribution is -2.46. The van der Waals surface area contributed by atoms with Crippen LogP contribution in [0, 0.1) is 0 Å². The van der Waals surface area contributed by atoms with Gasteiger partial charge in [0.2, 0.25) is 5.91 Å². The van der Waals surface area contributed by atoms with Crippen molar-refractivity contribution in [1.82, 2.24) is 15.6 Å². The molecule has 1 unspecified atom stereocenters. The van der Waals surface area contributed by atoms with Gasteiger partial charge in [0.1, 0.15) is 0 Å². The molecule has 4 heteroatoms. The summed E-state index contributed by atoms with van der Waals surface area (Å²) in [5, 5.41) is 6.36. The van der Waals surface area contributed by atoms with E-state index < -0.39 is 0 Å². The molecule has 1 aromatic rings. The third-order valence-electron chi connectivity index (χ3n) is 3.65. The van der Waals surface area contributed by atoms with Crippen molar-refractivity contribution in [3.63, 3.8) is 0 Å². The fourth-order valence-corrected chi connectivity index (χ4v) is 2.45. The van der Waals surface area contributed by atoms with Crippen LogP contribution < -0.4 is 10.6 Å². The first-order valence-electron chi connectivity index (χ1n) is 7.19. The normalized spacial score (nSPS) is 17.3. The Hall–Kier alpha value is -1.42. The molecule has 0 radical (unpaired) electrons. The number of amides is 1. The molecule has 0 aromatic carbocycles. The Kier molecular flexibility index (Phi) is 5.33. The number of carbonyl (C=O) groups excluding carboxylic acids is 1. The second-order valence-electron chi connectivity index (χ2n) is 5.24. The van der Waals surface area contributed by atoms with E-state index in [4.69, 9.17) is 0 Å². The van der Waals surface area contributed by atoms with E-state index in [9.17, 15) is 4.79 Å². The van der Waals surface area contributed by atoms with E-state index in [1.54, 1.807) is 6.20 Å². The van der Waals surface area contributed by atoms with Gasteiger partial charge < -0.3 is 10.6 Å². The van der Waals surface area contributed by atoms with Crippen molar-refractivity contribution in [2.75, 3.05) is 6.54 Å². The number of pyridine rings is 1. The summed E-state index contributed by atoms with van der Waals surface area (Å²) in [6.45, 7) is 2.69. The molecule has 2 rings (SSSR count). The second kappa shape index (κ2) is 7.24. The molecule has 1 aromatic heterocycles. The van der Waals surface area contributed by atoms with E-state index in [0.717, 1.165) is 31.5 Å². The summed E-state index contributed by atoms with van der Waals surface area (Å²) < 4.78 is 0. The van der Waals surface area contributed by atoms with E-state index in [2.05, 4.69) is 15.6 Å². The third kappa shape index (κ3) is 4.63. The number of rotatable bonds is 6. The summed E-state index contributed by atoms with van der Waals surface area (Å²) in [6, 6.07) is 6.16. The predicted molar refractivity (Wildman–Crippen MR) is 75.8 cm³/mol. The monoisotopic (exact) mass is 261 g/mol. The van der Waals surface area contributed by atoms with Gasteiger partial charge in [0.15, 0.2) is 0 Å². The Morgan fingerprint density at radius 1 is 1.42 bits per heavy atom. The van der Waals surface area contributed by atoms with Crippen molar-refractivity contribution >= 4 is 5.91 Å². The summed E-state index contributed by atoms with van der Waals surface area (Å²) in [5.41, 5.74) is 1.05. The minimum atomic E-state index is -0.135. The van der Waals surface area contributed by atoms with E-state index in [1.807, 2.05) is 25.1 Å². The van der Waals surface area contributed by atoms with E-state index in [-0.39, 0.29) is 11.9 Å². The van der Waals surface area contributed by atoms with Crippen LogP contribution >= 0.6 is 0 Å². The van der Waals surface area contributed by atoms with Gasteiger partial charge in [0, 0.05) is 30.9 Å². The first kappa shape index (κ1) is 14.0. The number of carbonyl (C=O) groups is 1. The Labute approximate surface area is 115 Å². The minimum Gasteiger partial charge on any atom is -0.352 e. The average Bonchev–Trinajstić information content (AvgIpc) is 2.92. The van der Waals surface area contributed by atoms with Crippen molar-refractivity contribution in [2.45, 2.75) is 51.1 Å². The van der Waals surface area contributed by atoms with Crippen LogP contribution in [0.5, 0.6) is 0 Å². The Bertz CT molecular complexity index is 388. The van der Waals surface area contributed by atoms with E-state index >= 15 is 0 Å². The van der Waals surface area contributed by atoms with Crippen molar-refractivity contribution < 1.29 is 4.79 Å². The predicted octanol–water partition coefficient (Wildman–Crippen LogP) is 1.66. The molecular formula is C15H23N3O. The Morgan fingerprint density at radius 3 is 2.89 bits per heavy atom. The maximum atomic E-state index is 12.0. The highest BCUT2D eigenvalue weighted by molar-refractivity contribution is 5.81. The zero-order valence-corrected chi connectivity index (χ0v) is 11.6. The summed E-state index contributed by atoms with van der Waals surface area (Å²) in [5.74, 6) is 0.118. The fourth-order valence-electron chi connectivity index (χ4n) is 2.45. The van der Waals surface area contributed by atoms with Crippen molar-refractivity contribution in [3.05, 3.63) is 30.1 Å². The van der Waals surface area contributed by atoms with Crippen molar-refractivity contribution in [1.29, 1.82) is 0 Å². The van der Waals surface area contributed by atoms with Crippen LogP contribution in [0.4, 0.5) is 0 Å². The topological polar surface area (TPSA) is 54.0 Å². The number of nitrogens with zero attached hydrogens (tertiary/aromatic N) is 1. The van der Waals surface area contributed by atoms with Crippen LogP contribution in [0.3, 0.4) is 0 Å². The summed E-state index contributed by atoms with van der Waals surface area (Å²) in [7, 11) is 0. The molecule has 0 saturated heterocycles. The Morgan fingerprint density at radius 2 is 2.21 bits per heavy atom. The van der Waals surface area contributed by atoms with Gasteiger partial charge in [-0.3, -0.25) is 9.78 Å². The number of hydrogen-bond acceptors (Lipinski definition) is 3. The maximum absolute atomic E-state index is 12.0. The molecule has 4 nitrogen and oxygen atoms in total. The van der Waals surface area contributed by atoms with Crippen LogP contribution in [0.25, 0.3) is 0 Å². The van der Waals surface area contributed by atoms with Gasteiger partial charge >= 0.3 is 0 Å². The summed E-state index contributed by atoms with van der Waals surface area (Å²) in [6.07, 6.45) is 7.39. The largest absolute Gasteiger partial charge is 0.352 e. The first-order valence-corrected chi connectivity index (χ1v) is 7.19. The third-order valence-corrected chi connectivity index (χ3v) is 3.65. The van der Waals surface area contributed by atoms with Crippen LogP contribution in [0.2, 0.25) is 0 Å². The molecule has 1 fully saturated rings. The highest BCUT2D eigenvalue weighted by atomic mass is 16.2. The molecule has 1 saturated carbocycles. The van der Waals surface area contributed by atoms with Gasteiger partial charge in [-0.25, -0.2) is 0 Å². The summed E-state index contributed by atoms with van der Waals surface area (Å²) >= 11 is 0. The van der Waals surface area contributed by atoms with Gasteiger partial charge in [-0.2, -0.15) is 0 Å². The highest BCUT2D eigenvalue weighted by Crippen LogP contribution is 2.17. The van der Waals surface area contributed by atoms with Gasteiger partial charge in [-0.1, -0.05) is 18.9 Å². The van der Waals surface area contributed by atoms with Crippen LogP contribution in [0.1, 0.15) is 38.3 Å². The van der Waals surface area contributed by atoms with Crippen molar-refractivity contribution in [2.24, 2.45) is 0 Å². The number of nitrogens with one attached hydrogen (secondary N) is 2. The molecule has 1 atom stereocenters. The first-order chi connectivity index (χ1) is 9.25. The number of aromatic nitrogens is 1. The van der Waals surface area contributed by atoms with Gasteiger partial charge in [0.25, 0.3) is 0 Å². The minimum absolute atomic E-state index is 0.118. The molecule has 2 N–H and O–H groups in total. The van der Waals surface area contributed by atoms with Crippen LogP contribution in [-0.4, -0.2) is 29.5 Å². The lowest BCUT2D eigenvalue weighted by molar-refractivity contribution is -0.123. The molecule has 1 heterocycles. The molecule has 1 aliphatic carbocycles. The lowest BCUT2D eigenvalue weighted by atomic mass is 10.2. The second-order valence-corrected chi connectivity index (χ2v) is 5.24. The number of hydrogen-bond donors (Lipinski definition) is 2. The average molecular weight is 261 g/mol. The Balaban J connectivity index is 1.65. The molecule has 1 amide bonds. The quantitative estimate of drug-likeness (QED) is 0.819. The maximum Gasteiger partial charge on any atom is 0.237 e. The lowest BCUT2D eigenvalue weighted by Gasteiger charge is -2.17. The molecule has 0 spiro atoms. The zero-order valence-electron chi connectivity index (χ0n) is 11.6. The molecule has 0 bridgehead atoms.